The van der Waals surface area contributed by atoms with Crippen molar-refractivity contribution in [1.82, 2.24) is 5.32 Å². The molecule has 2 N–H and O–H groups in total. The van der Waals surface area contributed by atoms with Crippen LogP contribution in [0.5, 0.6) is 11.5 Å². The van der Waals surface area contributed by atoms with Crippen LogP contribution in [0.15, 0.2) is 42.5 Å². The van der Waals surface area contributed by atoms with E-state index in [2.05, 4.69) is 10.6 Å². The number of ether oxygens (including phenoxy) is 2. The van der Waals surface area contributed by atoms with Crippen molar-refractivity contribution in [3.8, 4) is 11.5 Å². The van der Waals surface area contributed by atoms with Crippen LogP contribution in [0.2, 0.25) is 0 Å². The van der Waals surface area contributed by atoms with E-state index in [1.165, 1.54) is 6.08 Å². The number of benzene rings is 2. The molecule has 0 atom stereocenters. The van der Waals surface area contributed by atoms with Gasteiger partial charge in [0.25, 0.3) is 0 Å². The average Bonchev–Trinajstić information content (AvgIpc) is 2.70. The Balaban J connectivity index is 1.92. The van der Waals surface area contributed by atoms with Crippen LogP contribution in [0, 0.1) is 13.8 Å². The van der Waals surface area contributed by atoms with Gasteiger partial charge in [-0.25, -0.2) is 0 Å². The number of amides is 2. The van der Waals surface area contributed by atoms with E-state index in [1.807, 2.05) is 64.1 Å². The Kier molecular flexibility index (Phi) is 8.27. The van der Waals surface area contributed by atoms with Gasteiger partial charge in [0.1, 0.15) is 0 Å². The first kappa shape index (κ1) is 22.0. The number of hydrogen-bond donors (Lipinski definition) is 2. The molecule has 0 unspecified atom stereocenters. The molecule has 2 aromatic carbocycles. The monoisotopic (exact) mass is 396 g/mol. The number of aryl methyl sites for hydroxylation is 2. The minimum absolute atomic E-state index is 0.107. The van der Waals surface area contributed by atoms with E-state index < -0.39 is 0 Å². The van der Waals surface area contributed by atoms with Gasteiger partial charge in [-0.2, -0.15) is 0 Å². The summed E-state index contributed by atoms with van der Waals surface area (Å²) in [5, 5.41) is 5.43. The van der Waals surface area contributed by atoms with E-state index in [0.717, 1.165) is 22.4 Å². The van der Waals surface area contributed by atoms with E-state index in [1.54, 1.807) is 6.08 Å². The topological polar surface area (TPSA) is 76.7 Å². The fourth-order valence-corrected chi connectivity index (χ4v) is 2.76. The van der Waals surface area contributed by atoms with Gasteiger partial charge in [-0.3, -0.25) is 9.59 Å². The highest BCUT2D eigenvalue weighted by atomic mass is 16.5. The highest BCUT2D eigenvalue weighted by Crippen LogP contribution is 2.29. The number of anilines is 1. The summed E-state index contributed by atoms with van der Waals surface area (Å²) in [5.74, 6) is 0.668. The van der Waals surface area contributed by atoms with Gasteiger partial charge in [0, 0.05) is 11.8 Å². The van der Waals surface area contributed by atoms with E-state index >= 15 is 0 Å². The van der Waals surface area contributed by atoms with Crippen molar-refractivity contribution in [3.63, 3.8) is 0 Å². The van der Waals surface area contributed by atoms with Gasteiger partial charge >= 0.3 is 0 Å². The fraction of sp³-hybridized carbons (Fsp3) is 0.304. The molecular formula is C23H28N2O4. The Morgan fingerprint density at radius 1 is 0.966 bits per heavy atom. The van der Waals surface area contributed by atoms with Crippen LogP contribution in [-0.2, 0) is 9.59 Å². The van der Waals surface area contributed by atoms with Crippen molar-refractivity contribution < 1.29 is 19.1 Å². The molecular weight excluding hydrogens is 368 g/mol. The second kappa shape index (κ2) is 10.9. The molecule has 0 aromatic heterocycles. The number of hydrogen-bond acceptors (Lipinski definition) is 4. The number of rotatable bonds is 9. The third kappa shape index (κ3) is 6.68. The van der Waals surface area contributed by atoms with Crippen LogP contribution in [0.3, 0.4) is 0 Å². The molecule has 0 saturated heterocycles. The van der Waals surface area contributed by atoms with Crippen LogP contribution in [0.1, 0.15) is 30.5 Å². The molecule has 154 valence electrons. The van der Waals surface area contributed by atoms with Gasteiger partial charge in [-0.15, -0.1) is 0 Å². The minimum atomic E-state index is -0.353. The molecule has 2 amide bonds. The first-order valence-electron chi connectivity index (χ1n) is 9.66. The van der Waals surface area contributed by atoms with Crippen LogP contribution in [0.25, 0.3) is 6.08 Å². The third-order valence-electron chi connectivity index (χ3n) is 4.16. The Morgan fingerprint density at radius 2 is 1.62 bits per heavy atom. The summed E-state index contributed by atoms with van der Waals surface area (Å²) in [6.45, 7) is 8.61. The first-order valence-corrected chi connectivity index (χ1v) is 9.66. The summed E-state index contributed by atoms with van der Waals surface area (Å²) in [5.41, 5.74) is 3.53. The van der Waals surface area contributed by atoms with Gasteiger partial charge in [-0.05, 0) is 62.6 Å². The van der Waals surface area contributed by atoms with Crippen molar-refractivity contribution in [2.24, 2.45) is 0 Å². The second-order valence-corrected chi connectivity index (χ2v) is 6.44. The molecule has 0 aliphatic rings. The maximum absolute atomic E-state index is 12.1. The summed E-state index contributed by atoms with van der Waals surface area (Å²) in [7, 11) is 0. The van der Waals surface area contributed by atoms with Crippen LogP contribution in [-0.4, -0.2) is 31.6 Å². The lowest BCUT2D eigenvalue weighted by molar-refractivity contribution is -0.121. The smallest absolute Gasteiger partial charge is 0.244 e. The summed E-state index contributed by atoms with van der Waals surface area (Å²) in [6.07, 6.45) is 3.05. The molecule has 6 heteroatoms. The fourth-order valence-electron chi connectivity index (χ4n) is 2.76. The Morgan fingerprint density at radius 3 is 2.28 bits per heavy atom. The molecule has 0 radical (unpaired) electrons. The lowest BCUT2D eigenvalue weighted by atomic mass is 10.1. The maximum Gasteiger partial charge on any atom is 0.244 e. The quantitative estimate of drug-likeness (QED) is 0.631. The van der Waals surface area contributed by atoms with Gasteiger partial charge in [0.05, 0.1) is 19.8 Å². The first-order chi connectivity index (χ1) is 13.9. The van der Waals surface area contributed by atoms with Gasteiger partial charge in [0.2, 0.25) is 11.8 Å². The van der Waals surface area contributed by atoms with Crippen molar-refractivity contribution >= 4 is 23.6 Å². The van der Waals surface area contributed by atoms with Gasteiger partial charge in [-0.1, -0.05) is 24.3 Å². The Labute approximate surface area is 171 Å². The normalized spacial score (nSPS) is 10.6. The lowest BCUT2D eigenvalue weighted by Crippen LogP contribution is -2.32. The van der Waals surface area contributed by atoms with E-state index in [9.17, 15) is 9.59 Å². The predicted octanol–water partition coefficient (Wildman–Crippen LogP) is 3.87. The zero-order chi connectivity index (χ0) is 21.2. The molecule has 29 heavy (non-hydrogen) atoms. The molecule has 0 aliphatic carbocycles. The van der Waals surface area contributed by atoms with E-state index in [-0.39, 0.29) is 18.4 Å². The molecule has 0 saturated carbocycles. The molecule has 0 fully saturated rings. The Hall–Kier alpha value is -3.28. The standard InChI is InChI=1S/C23H28N2O4/c1-5-28-19-12-10-18(14-20(19)29-6-2)11-13-21(26)24-15-22(27)25-23-16(3)8-7-9-17(23)4/h7-14H,5-6,15H2,1-4H3,(H,24,26)(H,25,27)/b13-11+. The van der Waals surface area contributed by atoms with Crippen LogP contribution < -0.4 is 20.1 Å². The number of para-hydroxylation sites is 1. The second-order valence-electron chi connectivity index (χ2n) is 6.44. The summed E-state index contributed by atoms with van der Waals surface area (Å²) in [4.78, 5) is 24.2. The zero-order valence-electron chi connectivity index (χ0n) is 17.4. The van der Waals surface area contributed by atoms with Crippen LogP contribution >= 0.6 is 0 Å². The van der Waals surface area contributed by atoms with Crippen molar-refractivity contribution in [3.05, 3.63) is 59.2 Å². The highest BCUT2D eigenvalue weighted by Gasteiger charge is 2.08. The molecule has 0 heterocycles. The van der Waals surface area contributed by atoms with Crippen molar-refractivity contribution in [2.75, 3.05) is 25.1 Å². The summed E-state index contributed by atoms with van der Waals surface area (Å²) < 4.78 is 11.1. The van der Waals surface area contributed by atoms with Crippen LogP contribution in [0.4, 0.5) is 5.69 Å². The Bertz CT molecular complexity index is 870. The maximum atomic E-state index is 12.1. The summed E-state index contributed by atoms with van der Waals surface area (Å²) >= 11 is 0. The van der Waals surface area contributed by atoms with E-state index in [4.69, 9.17) is 9.47 Å². The average molecular weight is 396 g/mol. The molecule has 6 nitrogen and oxygen atoms in total. The van der Waals surface area contributed by atoms with Crippen molar-refractivity contribution in [1.29, 1.82) is 0 Å². The number of nitrogens with one attached hydrogen (secondary N) is 2. The predicted molar refractivity (Wildman–Crippen MR) is 115 cm³/mol. The largest absolute Gasteiger partial charge is 0.490 e. The SMILES string of the molecule is CCOc1ccc(/C=C/C(=O)NCC(=O)Nc2c(C)cccc2C)cc1OCC. The molecule has 0 bridgehead atoms. The van der Waals surface area contributed by atoms with Crippen molar-refractivity contribution in [2.45, 2.75) is 27.7 Å². The minimum Gasteiger partial charge on any atom is -0.490 e. The van der Waals surface area contributed by atoms with E-state index in [0.29, 0.717) is 24.7 Å². The number of carbonyl (C=O) groups is 2. The van der Waals surface area contributed by atoms with Gasteiger partial charge < -0.3 is 20.1 Å². The summed E-state index contributed by atoms with van der Waals surface area (Å²) in [6, 6.07) is 11.3. The molecule has 2 aromatic rings. The molecule has 0 aliphatic heterocycles. The lowest BCUT2D eigenvalue weighted by Gasteiger charge is -2.11. The highest BCUT2D eigenvalue weighted by molar-refractivity contribution is 5.98. The number of carbonyl (C=O) groups excluding carboxylic acids is 2. The molecule has 0 spiro atoms. The third-order valence-corrected chi connectivity index (χ3v) is 4.16. The zero-order valence-corrected chi connectivity index (χ0v) is 17.4. The molecule has 2 rings (SSSR count). The van der Waals surface area contributed by atoms with Gasteiger partial charge in [0.15, 0.2) is 11.5 Å².